The lowest BCUT2D eigenvalue weighted by Crippen LogP contribution is -2.37. The zero-order valence-electron chi connectivity index (χ0n) is 8.07. The fourth-order valence-corrected chi connectivity index (χ4v) is 1.96. The number of carbonyl (C=O) groups is 1. The number of primary amides is 1. The van der Waals surface area contributed by atoms with E-state index in [0.717, 1.165) is 25.1 Å². The second-order valence-electron chi connectivity index (χ2n) is 3.62. The van der Waals surface area contributed by atoms with Crippen molar-refractivity contribution in [1.82, 2.24) is 0 Å². The van der Waals surface area contributed by atoms with Crippen LogP contribution in [-0.2, 0) is 11.2 Å². The zero-order chi connectivity index (χ0) is 9.97. The van der Waals surface area contributed by atoms with Crippen molar-refractivity contribution in [2.45, 2.75) is 12.8 Å². The van der Waals surface area contributed by atoms with Gasteiger partial charge in [-0.3, -0.25) is 4.79 Å². The Hall–Kier alpha value is -1.51. The van der Waals surface area contributed by atoms with Crippen LogP contribution < -0.4 is 10.6 Å². The highest BCUT2D eigenvalue weighted by Crippen LogP contribution is 2.25. The molecule has 1 amide bonds. The lowest BCUT2D eigenvalue weighted by atomic mass is 10.0. The number of aryl methyl sites for hydroxylation is 1. The molecule has 1 aliphatic heterocycles. The van der Waals surface area contributed by atoms with E-state index in [1.165, 1.54) is 5.56 Å². The normalized spacial score (nSPS) is 15.0. The minimum atomic E-state index is -0.262. The molecule has 1 aliphatic rings. The zero-order valence-corrected chi connectivity index (χ0v) is 8.07. The van der Waals surface area contributed by atoms with E-state index in [9.17, 15) is 4.79 Å². The van der Waals surface area contributed by atoms with Gasteiger partial charge in [-0.15, -0.1) is 0 Å². The highest BCUT2D eigenvalue weighted by molar-refractivity contribution is 5.80. The van der Waals surface area contributed by atoms with Crippen molar-refractivity contribution in [3.8, 4) is 0 Å². The quantitative estimate of drug-likeness (QED) is 0.754. The predicted octanol–water partition coefficient (Wildman–Crippen LogP) is 0.924. The number of hydrogen-bond donors (Lipinski definition) is 1. The molecule has 0 atom stereocenters. The van der Waals surface area contributed by atoms with Crippen LogP contribution in [0.25, 0.3) is 0 Å². The Morgan fingerprint density at radius 1 is 1.43 bits per heavy atom. The summed E-state index contributed by atoms with van der Waals surface area (Å²) < 4.78 is 0. The monoisotopic (exact) mass is 190 g/mol. The SMILES string of the molecule is NC(=O)CN1CCCc2ccccc21. The number of fused-ring (bicyclic) bond motifs is 1. The Bertz CT molecular complexity index is 349. The maximum absolute atomic E-state index is 10.9. The first-order chi connectivity index (χ1) is 6.77. The van der Waals surface area contributed by atoms with E-state index in [0.29, 0.717) is 6.54 Å². The smallest absolute Gasteiger partial charge is 0.236 e. The summed E-state index contributed by atoms with van der Waals surface area (Å²) in [4.78, 5) is 12.9. The van der Waals surface area contributed by atoms with Crippen LogP contribution in [-0.4, -0.2) is 19.0 Å². The van der Waals surface area contributed by atoms with Gasteiger partial charge < -0.3 is 10.6 Å². The summed E-state index contributed by atoms with van der Waals surface area (Å²) in [6, 6.07) is 8.20. The van der Waals surface area contributed by atoms with E-state index in [4.69, 9.17) is 5.73 Å². The molecule has 0 bridgehead atoms. The third-order valence-corrected chi connectivity index (χ3v) is 2.55. The Labute approximate surface area is 83.5 Å². The molecular formula is C11H14N2O. The van der Waals surface area contributed by atoms with Crippen molar-refractivity contribution in [3.05, 3.63) is 29.8 Å². The van der Waals surface area contributed by atoms with Gasteiger partial charge >= 0.3 is 0 Å². The molecular weight excluding hydrogens is 176 g/mol. The van der Waals surface area contributed by atoms with E-state index in [1.54, 1.807) is 0 Å². The van der Waals surface area contributed by atoms with Crippen LogP contribution in [0.4, 0.5) is 5.69 Å². The van der Waals surface area contributed by atoms with Crippen LogP contribution >= 0.6 is 0 Å². The van der Waals surface area contributed by atoms with Gasteiger partial charge in [0.15, 0.2) is 0 Å². The minimum absolute atomic E-state index is 0.262. The van der Waals surface area contributed by atoms with Crippen molar-refractivity contribution >= 4 is 11.6 Å². The van der Waals surface area contributed by atoms with Gasteiger partial charge in [0.2, 0.25) is 5.91 Å². The standard InChI is InChI=1S/C11H14N2O/c12-11(14)8-13-7-3-5-9-4-1-2-6-10(9)13/h1-2,4,6H,3,5,7-8H2,(H2,12,14). The number of anilines is 1. The molecule has 3 nitrogen and oxygen atoms in total. The minimum Gasteiger partial charge on any atom is -0.368 e. The van der Waals surface area contributed by atoms with E-state index in [-0.39, 0.29) is 5.91 Å². The molecule has 14 heavy (non-hydrogen) atoms. The molecule has 0 fully saturated rings. The summed E-state index contributed by atoms with van der Waals surface area (Å²) in [5.41, 5.74) is 7.68. The molecule has 0 radical (unpaired) electrons. The van der Waals surface area contributed by atoms with Gasteiger partial charge in [-0.05, 0) is 24.5 Å². The van der Waals surface area contributed by atoms with Gasteiger partial charge in [-0.1, -0.05) is 18.2 Å². The van der Waals surface area contributed by atoms with Crippen LogP contribution in [0.15, 0.2) is 24.3 Å². The number of nitrogens with zero attached hydrogens (tertiary/aromatic N) is 1. The molecule has 1 heterocycles. The number of hydrogen-bond acceptors (Lipinski definition) is 2. The van der Waals surface area contributed by atoms with Crippen molar-refractivity contribution in [2.24, 2.45) is 5.73 Å². The second-order valence-corrected chi connectivity index (χ2v) is 3.62. The third-order valence-electron chi connectivity index (χ3n) is 2.55. The Kier molecular flexibility index (Phi) is 2.39. The lowest BCUT2D eigenvalue weighted by Gasteiger charge is -2.29. The fourth-order valence-electron chi connectivity index (χ4n) is 1.96. The first-order valence-electron chi connectivity index (χ1n) is 4.88. The van der Waals surface area contributed by atoms with Crippen LogP contribution in [0.1, 0.15) is 12.0 Å². The average Bonchev–Trinajstić information content (AvgIpc) is 2.18. The molecule has 0 saturated carbocycles. The van der Waals surface area contributed by atoms with Crippen LogP contribution in [0.5, 0.6) is 0 Å². The number of para-hydroxylation sites is 1. The van der Waals surface area contributed by atoms with Crippen LogP contribution in [0.2, 0.25) is 0 Å². The van der Waals surface area contributed by atoms with Crippen molar-refractivity contribution in [2.75, 3.05) is 18.0 Å². The van der Waals surface area contributed by atoms with Crippen LogP contribution in [0.3, 0.4) is 0 Å². The molecule has 74 valence electrons. The van der Waals surface area contributed by atoms with E-state index >= 15 is 0 Å². The molecule has 1 aromatic rings. The average molecular weight is 190 g/mol. The first-order valence-corrected chi connectivity index (χ1v) is 4.88. The third kappa shape index (κ3) is 1.71. The second kappa shape index (κ2) is 3.70. The van der Waals surface area contributed by atoms with Gasteiger partial charge in [0.05, 0.1) is 6.54 Å². The molecule has 2 N–H and O–H groups in total. The highest BCUT2D eigenvalue weighted by atomic mass is 16.1. The summed E-state index contributed by atoms with van der Waals surface area (Å²) in [6.45, 7) is 1.26. The number of rotatable bonds is 2. The topological polar surface area (TPSA) is 46.3 Å². The summed E-state index contributed by atoms with van der Waals surface area (Å²) in [5.74, 6) is -0.262. The molecule has 0 unspecified atom stereocenters. The number of carbonyl (C=O) groups excluding carboxylic acids is 1. The number of nitrogens with two attached hydrogens (primary N) is 1. The molecule has 0 spiro atoms. The van der Waals surface area contributed by atoms with Gasteiger partial charge in [0.1, 0.15) is 0 Å². The first kappa shape index (κ1) is 9.06. The Morgan fingerprint density at radius 3 is 3.00 bits per heavy atom. The van der Waals surface area contributed by atoms with E-state index in [1.807, 2.05) is 12.1 Å². The Morgan fingerprint density at radius 2 is 2.21 bits per heavy atom. The molecule has 2 rings (SSSR count). The van der Waals surface area contributed by atoms with E-state index < -0.39 is 0 Å². The van der Waals surface area contributed by atoms with Crippen LogP contribution in [0, 0.1) is 0 Å². The largest absolute Gasteiger partial charge is 0.368 e. The fraction of sp³-hybridized carbons (Fsp3) is 0.364. The van der Waals surface area contributed by atoms with Gasteiger partial charge in [-0.2, -0.15) is 0 Å². The highest BCUT2D eigenvalue weighted by Gasteiger charge is 2.16. The lowest BCUT2D eigenvalue weighted by molar-refractivity contribution is -0.116. The summed E-state index contributed by atoms with van der Waals surface area (Å²) in [5, 5.41) is 0. The molecule has 0 saturated heterocycles. The number of amides is 1. The maximum atomic E-state index is 10.9. The van der Waals surface area contributed by atoms with Gasteiger partial charge in [-0.25, -0.2) is 0 Å². The molecule has 0 aromatic heterocycles. The van der Waals surface area contributed by atoms with Gasteiger partial charge in [0.25, 0.3) is 0 Å². The van der Waals surface area contributed by atoms with Crippen molar-refractivity contribution in [1.29, 1.82) is 0 Å². The molecule has 3 heteroatoms. The van der Waals surface area contributed by atoms with Crippen molar-refractivity contribution < 1.29 is 4.79 Å². The summed E-state index contributed by atoms with van der Waals surface area (Å²) in [7, 11) is 0. The summed E-state index contributed by atoms with van der Waals surface area (Å²) in [6.07, 6.45) is 2.20. The van der Waals surface area contributed by atoms with Crippen molar-refractivity contribution in [3.63, 3.8) is 0 Å². The predicted molar refractivity (Wildman–Crippen MR) is 56.2 cm³/mol. The molecule has 1 aromatic carbocycles. The maximum Gasteiger partial charge on any atom is 0.236 e. The number of benzene rings is 1. The van der Waals surface area contributed by atoms with Gasteiger partial charge in [0, 0.05) is 12.2 Å². The Balaban J connectivity index is 2.26. The molecule has 0 aliphatic carbocycles. The summed E-state index contributed by atoms with van der Waals surface area (Å²) >= 11 is 0. The van der Waals surface area contributed by atoms with E-state index in [2.05, 4.69) is 17.0 Å².